The maximum absolute atomic E-state index is 13.0. The van der Waals surface area contributed by atoms with Crippen LogP contribution >= 0.6 is 0 Å². The lowest BCUT2D eigenvalue weighted by atomic mass is 9.72. The number of rotatable bonds is 5. The van der Waals surface area contributed by atoms with E-state index in [1.165, 1.54) is 16.7 Å². The van der Waals surface area contributed by atoms with Crippen LogP contribution in [0.25, 0.3) is 11.1 Å². The van der Waals surface area contributed by atoms with Crippen LogP contribution in [0.4, 0.5) is 0 Å². The molecule has 4 nitrogen and oxygen atoms in total. The lowest BCUT2D eigenvalue weighted by Crippen LogP contribution is -2.51. The van der Waals surface area contributed by atoms with E-state index in [0.717, 1.165) is 6.42 Å². The van der Waals surface area contributed by atoms with Gasteiger partial charge in [0.2, 0.25) is 11.8 Å². The second-order valence-corrected chi connectivity index (χ2v) is 8.70. The van der Waals surface area contributed by atoms with Gasteiger partial charge in [-0.2, -0.15) is 0 Å². The number of amides is 2. The van der Waals surface area contributed by atoms with Gasteiger partial charge in [0.1, 0.15) is 0 Å². The molecule has 0 spiro atoms. The minimum Gasteiger partial charge on any atom is -0.359 e. The van der Waals surface area contributed by atoms with Gasteiger partial charge in [0.05, 0.1) is 5.41 Å². The lowest BCUT2D eigenvalue weighted by Gasteiger charge is -2.41. The molecule has 4 heteroatoms. The molecule has 2 unspecified atom stereocenters. The first-order chi connectivity index (χ1) is 14.0. The van der Waals surface area contributed by atoms with E-state index >= 15 is 0 Å². The molecule has 29 heavy (non-hydrogen) atoms. The summed E-state index contributed by atoms with van der Waals surface area (Å²) in [6.07, 6.45) is 3.13. The standard InChI is InChI=1S/C25H30N2O2/c1-18-16-22(18)23(28)27-14-12-25(13-15-27,24(29)26-2)17-20-10-6-7-11-21(20)19-8-4-3-5-9-19/h3-11,18,22H,12-17H2,1-2H3,(H,26,29). The normalized spacial score (nSPS) is 22.8. The first kappa shape index (κ1) is 19.7. The van der Waals surface area contributed by atoms with Crippen LogP contribution < -0.4 is 5.32 Å². The third-order valence-electron chi connectivity index (χ3n) is 6.80. The maximum atomic E-state index is 13.0. The van der Waals surface area contributed by atoms with Crippen molar-refractivity contribution >= 4 is 11.8 Å². The third kappa shape index (κ3) is 3.93. The van der Waals surface area contributed by atoms with Gasteiger partial charge >= 0.3 is 0 Å². The van der Waals surface area contributed by atoms with Gasteiger partial charge in [-0.25, -0.2) is 0 Å². The molecule has 2 aliphatic rings. The molecule has 1 aliphatic carbocycles. The Balaban J connectivity index is 1.57. The molecule has 0 radical (unpaired) electrons. The van der Waals surface area contributed by atoms with E-state index in [2.05, 4.69) is 42.6 Å². The van der Waals surface area contributed by atoms with Crippen LogP contribution in [0.1, 0.15) is 31.7 Å². The number of likely N-dealkylation sites (tertiary alicyclic amines) is 1. The van der Waals surface area contributed by atoms with Crippen LogP contribution in [0.2, 0.25) is 0 Å². The number of piperidine rings is 1. The van der Waals surface area contributed by atoms with Crippen LogP contribution in [-0.2, 0) is 16.0 Å². The lowest BCUT2D eigenvalue weighted by molar-refractivity contribution is -0.141. The van der Waals surface area contributed by atoms with Crippen molar-refractivity contribution in [1.29, 1.82) is 0 Å². The Hall–Kier alpha value is -2.62. The molecule has 2 amide bonds. The van der Waals surface area contributed by atoms with Crippen LogP contribution in [0.5, 0.6) is 0 Å². The van der Waals surface area contributed by atoms with E-state index in [4.69, 9.17) is 0 Å². The van der Waals surface area contributed by atoms with Crippen molar-refractivity contribution in [2.45, 2.75) is 32.6 Å². The Labute approximate surface area is 173 Å². The summed E-state index contributed by atoms with van der Waals surface area (Å²) in [6, 6.07) is 18.7. The molecule has 0 bridgehead atoms. The molecule has 1 aliphatic heterocycles. The number of nitrogens with one attached hydrogen (secondary N) is 1. The van der Waals surface area contributed by atoms with Gasteiger partial charge in [0.15, 0.2) is 0 Å². The molecule has 152 valence electrons. The minimum absolute atomic E-state index is 0.0900. The van der Waals surface area contributed by atoms with Crippen molar-refractivity contribution in [1.82, 2.24) is 10.2 Å². The van der Waals surface area contributed by atoms with E-state index in [1.54, 1.807) is 7.05 Å². The average Bonchev–Trinajstić information content (AvgIpc) is 3.50. The molecule has 1 saturated carbocycles. The summed E-state index contributed by atoms with van der Waals surface area (Å²) < 4.78 is 0. The summed E-state index contributed by atoms with van der Waals surface area (Å²) in [5, 5.41) is 2.90. The number of hydrogen-bond donors (Lipinski definition) is 1. The summed E-state index contributed by atoms with van der Waals surface area (Å²) in [6.45, 7) is 3.48. The predicted molar refractivity (Wildman–Crippen MR) is 115 cm³/mol. The Kier molecular flexibility index (Phi) is 5.44. The van der Waals surface area contributed by atoms with E-state index in [1.807, 2.05) is 29.2 Å². The number of carbonyl (C=O) groups is 2. The van der Waals surface area contributed by atoms with Gasteiger partial charge in [0.25, 0.3) is 0 Å². The molecule has 0 aromatic heterocycles. The van der Waals surface area contributed by atoms with Gasteiger partial charge in [0, 0.05) is 26.1 Å². The van der Waals surface area contributed by atoms with Crippen molar-refractivity contribution in [2.24, 2.45) is 17.3 Å². The molecular weight excluding hydrogens is 360 g/mol. The fraction of sp³-hybridized carbons (Fsp3) is 0.440. The second-order valence-electron chi connectivity index (χ2n) is 8.70. The van der Waals surface area contributed by atoms with Crippen LogP contribution in [-0.4, -0.2) is 36.9 Å². The largest absolute Gasteiger partial charge is 0.359 e. The molecule has 1 heterocycles. The predicted octanol–water partition coefficient (Wildman–Crippen LogP) is 3.91. The Morgan fingerprint density at radius 3 is 2.28 bits per heavy atom. The number of hydrogen-bond acceptors (Lipinski definition) is 2. The summed E-state index contributed by atoms with van der Waals surface area (Å²) in [5.74, 6) is 1.10. The number of benzene rings is 2. The van der Waals surface area contributed by atoms with Gasteiger partial charge < -0.3 is 10.2 Å². The van der Waals surface area contributed by atoms with E-state index in [0.29, 0.717) is 38.3 Å². The highest BCUT2D eigenvalue weighted by Gasteiger charge is 2.46. The fourth-order valence-electron chi connectivity index (χ4n) is 4.74. The van der Waals surface area contributed by atoms with Crippen molar-refractivity contribution in [2.75, 3.05) is 20.1 Å². The monoisotopic (exact) mass is 390 g/mol. The summed E-state index contributed by atoms with van der Waals surface area (Å²) in [4.78, 5) is 27.6. The zero-order valence-corrected chi connectivity index (χ0v) is 17.4. The number of nitrogens with zero attached hydrogens (tertiary/aromatic N) is 1. The molecule has 2 atom stereocenters. The van der Waals surface area contributed by atoms with Gasteiger partial charge in [-0.15, -0.1) is 0 Å². The molecule has 2 aromatic rings. The van der Waals surface area contributed by atoms with Crippen LogP contribution in [0.15, 0.2) is 54.6 Å². The topological polar surface area (TPSA) is 49.4 Å². The zero-order valence-electron chi connectivity index (χ0n) is 17.4. The zero-order chi connectivity index (χ0) is 20.4. The van der Waals surface area contributed by atoms with Gasteiger partial charge in [-0.3, -0.25) is 9.59 Å². The molecule has 2 aromatic carbocycles. The highest BCUT2D eigenvalue weighted by molar-refractivity contribution is 5.85. The third-order valence-corrected chi connectivity index (χ3v) is 6.80. The van der Waals surface area contributed by atoms with Crippen molar-refractivity contribution in [3.05, 3.63) is 60.2 Å². The van der Waals surface area contributed by atoms with E-state index < -0.39 is 5.41 Å². The summed E-state index contributed by atoms with van der Waals surface area (Å²) >= 11 is 0. The van der Waals surface area contributed by atoms with Crippen LogP contribution in [0.3, 0.4) is 0 Å². The average molecular weight is 391 g/mol. The molecule has 1 saturated heterocycles. The first-order valence-corrected chi connectivity index (χ1v) is 10.7. The Morgan fingerprint density at radius 1 is 1.03 bits per heavy atom. The maximum Gasteiger partial charge on any atom is 0.226 e. The van der Waals surface area contributed by atoms with E-state index in [-0.39, 0.29) is 17.7 Å². The Bertz CT molecular complexity index is 885. The van der Waals surface area contributed by atoms with Gasteiger partial charge in [-0.1, -0.05) is 61.5 Å². The smallest absolute Gasteiger partial charge is 0.226 e. The highest BCUT2D eigenvalue weighted by atomic mass is 16.2. The van der Waals surface area contributed by atoms with Crippen LogP contribution in [0, 0.1) is 17.3 Å². The first-order valence-electron chi connectivity index (χ1n) is 10.7. The highest BCUT2D eigenvalue weighted by Crippen LogP contribution is 2.42. The summed E-state index contributed by atoms with van der Waals surface area (Å²) in [5.41, 5.74) is 3.08. The van der Waals surface area contributed by atoms with Crippen molar-refractivity contribution < 1.29 is 9.59 Å². The van der Waals surface area contributed by atoms with Crippen molar-refractivity contribution in [3.63, 3.8) is 0 Å². The second kappa shape index (κ2) is 8.02. The minimum atomic E-state index is -0.467. The molecule has 2 fully saturated rings. The molecule has 1 N–H and O–H groups in total. The molecule has 4 rings (SSSR count). The number of carbonyl (C=O) groups excluding carboxylic acids is 2. The Morgan fingerprint density at radius 2 is 1.66 bits per heavy atom. The quantitative estimate of drug-likeness (QED) is 0.842. The van der Waals surface area contributed by atoms with Crippen molar-refractivity contribution in [3.8, 4) is 11.1 Å². The fourth-order valence-corrected chi connectivity index (χ4v) is 4.74. The molecular formula is C25H30N2O2. The van der Waals surface area contributed by atoms with Gasteiger partial charge in [-0.05, 0) is 48.3 Å². The van der Waals surface area contributed by atoms with E-state index in [9.17, 15) is 9.59 Å². The SMILES string of the molecule is CNC(=O)C1(Cc2ccccc2-c2ccccc2)CCN(C(=O)C2CC2C)CC1. The summed E-state index contributed by atoms with van der Waals surface area (Å²) in [7, 11) is 1.72.